The minimum absolute atomic E-state index is 0.0126. The predicted molar refractivity (Wildman–Crippen MR) is 58.5 cm³/mol. The highest BCUT2D eigenvalue weighted by atomic mass is 19.1. The van der Waals surface area contributed by atoms with Crippen LogP contribution in [0.2, 0.25) is 0 Å². The molecule has 5 heteroatoms. The van der Waals surface area contributed by atoms with Gasteiger partial charge >= 0.3 is 0 Å². The van der Waals surface area contributed by atoms with Crippen LogP contribution in [0.15, 0.2) is 35.0 Å². The highest BCUT2D eigenvalue weighted by molar-refractivity contribution is 5.81. The summed E-state index contributed by atoms with van der Waals surface area (Å²) >= 11 is 0. The highest BCUT2D eigenvalue weighted by Crippen LogP contribution is 2.18. The van der Waals surface area contributed by atoms with Gasteiger partial charge in [-0.2, -0.15) is 0 Å². The zero-order valence-electron chi connectivity index (χ0n) is 8.69. The number of aliphatic hydroxyl groups excluding tert-OH is 1. The molecule has 0 bridgehead atoms. The summed E-state index contributed by atoms with van der Waals surface area (Å²) in [5.74, 6) is -1.43. The number of rotatable bonds is 3. The van der Waals surface area contributed by atoms with Crippen LogP contribution in [-0.2, 0) is 0 Å². The molecule has 0 aliphatic rings. The van der Waals surface area contributed by atoms with Crippen molar-refractivity contribution in [2.45, 2.75) is 13.0 Å². The Hall–Kier alpha value is -1.75. The predicted octanol–water partition coefficient (Wildman–Crippen LogP) is 1.89. The summed E-state index contributed by atoms with van der Waals surface area (Å²) in [5, 5.41) is 9.21. The molecule has 1 rings (SSSR count). The Bertz CT molecular complexity index is 428. The van der Waals surface area contributed by atoms with E-state index in [-0.39, 0.29) is 5.69 Å². The maximum absolute atomic E-state index is 13.1. The van der Waals surface area contributed by atoms with E-state index in [2.05, 4.69) is 4.99 Å². The summed E-state index contributed by atoms with van der Waals surface area (Å²) in [6.45, 7) is 1.51. The summed E-state index contributed by atoms with van der Waals surface area (Å²) in [4.78, 5) is 3.76. The van der Waals surface area contributed by atoms with Gasteiger partial charge < -0.3 is 10.8 Å². The molecule has 16 heavy (non-hydrogen) atoms. The molecule has 0 spiro atoms. The number of benzene rings is 1. The molecule has 0 aliphatic carbocycles. The maximum atomic E-state index is 13.1. The summed E-state index contributed by atoms with van der Waals surface area (Å²) in [6.07, 6.45) is 1.62. The molecule has 1 unspecified atom stereocenters. The molecule has 1 aromatic rings. The van der Waals surface area contributed by atoms with Gasteiger partial charge in [0.1, 0.15) is 5.82 Å². The summed E-state index contributed by atoms with van der Waals surface area (Å²) in [5.41, 5.74) is 5.57. The van der Waals surface area contributed by atoms with Gasteiger partial charge in [-0.05, 0) is 19.1 Å². The lowest BCUT2D eigenvalue weighted by Crippen LogP contribution is -2.07. The first-order valence-corrected chi connectivity index (χ1v) is 4.63. The van der Waals surface area contributed by atoms with Gasteiger partial charge in [-0.3, -0.25) is 4.99 Å². The van der Waals surface area contributed by atoms with Crippen molar-refractivity contribution in [1.29, 1.82) is 0 Å². The zero-order chi connectivity index (χ0) is 12.1. The Labute approximate surface area is 91.9 Å². The Balaban J connectivity index is 2.92. The van der Waals surface area contributed by atoms with E-state index >= 15 is 0 Å². The van der Waals surface area contributed by atoms with E-state index in [4.69, 9.17) is 5.73 Å². The molecule has 0 fully saturated rings. The lowest BCUT2D eigenvalue weighted by molar-refractivity contribution is 0.238. The third kappa shape index (κ3) is 3.13. The molecule has 3 N–H and O–H groups in total. The fourth-order valence-corrected chi connectivity index (χ4v) is 1.02. The van der Waals surface area contributed by atoms with Crippen molar-refractivity contribution in [1.82, 2.24) is 0 Å². The lowest BCUT2D eigenvalue weighted by atomic mass is 10.2. The van der Waals surface area contributed by atoms with Crippen LogP contribution in [0, 0.1) is 11.6 Å². The third-order valence-corrected chi connectivity index (χ3v) is 1.94. The molecule has 0 saturated carbocycles. The van der Waals surface area contributed by atoms with E-state index in [1.54, 1.807) is 0 Å². The fourth-order valence-electron chi connectivity index (χ4n) is 1.02. The van der Waals surface area contributed by atoms with Gasteiger partial charge in [0.15, 0.2) is 5.82 Å². The standard InChI is InChI=1S/C11H12F2N2O/c1-7(16)8(5-14)6-15-11-3-2-9(12)4-10(11)13/h2-7,16H,14H2,1H3. The van der Waals surface area contributed by atoms with Crippen molar-refractivity contribution < 1.29 is 13.9 Å². The molecule has 0 amide bonds. The number of hydrogen-bond acceptors (Lipinski definition) is 3. The van der Waals surface area contributed by atoms with E-state index in [0.717, 1.165) is 12.1 Å². The second-order valence-corrected chi connectivity index (χ2v) is 3.20. The summed E-state index contributed by atoms with van der Waals surface area (Å²) in [6, 6.07) is 3.04. The molecule has 0 aliphatic heterocycles. The average molecular weight is 226 g/mol. The van der Waals surface area contributed by atoms with Crippen LogP contribution < -0.4 is 5.73 Å². The Morgan fingerprint density at radius 2 is 2.19 bits per heavy atom. The zero-order valence-corrected chi connectivity index (χ0v) is 8.69. The van der Waals surface area contributed by atoms with Gasteiger partial charge in [0.25, 0.3) is 0 Å². The van der Waals surface area contributed by atoms with Crippen LogP contribution in [0.4, 0.5) is 14.5 Å². The topological polar surface area (TPSA) is 58.6 Å². The van der Waals surface area contributed by atoms with Crippen molar-refractivity contribution in [3.63, 3.8) is 0 Å². The number of hydrogen-bond donors (Lipinski definition) is 2. The molecule has 86 valence electrons. The number of halogens is 2. The molecule has 0 heterocycles. The molecule has 0 radical (unpaired) electrons. The van der Waals surface area contributed by atoms with Gasteiger partial charge in [0.05, 0.1) is 11.8 Å². The van der Waals surface area contributed by atoms with Crippen molar-refractivity contribution in [3.8, 4) is 0 Å². The van der Waals surface area contributed by atoms with Crippen LogP contribution in [0.5, 0.6) is 0 Å². The lowest BCUT2D eigenvalue weighted by Gasteiger charge is -2.03. The van der Waals surface area contributed by atoms with E-state index in [9.17, 15) is 13.9 Å². The third-order valence-electron chi connectivity index (χ3n) is 1.94. The van der Waals surface area contributed by atoms with E-state index in [1.807, 2.05) is 0 Å². The maximum Gasteiger partial charge on any atom is 0.151 e. The first kappa shape index (κ1) is 12.3. The molecule has 1 aromatic carbocycles. The van der Waals surface area contributed by atoms with Gasteiger partial charge in [0, 0.05) is 24.1 Å². The summed E-state index contributed by atoms with van der Waals surface area (Å²) < 4.78 is 25.7. The van der Waals surface area contributed by atoms with Gasteiger partial charge in [-0.25, -0.2) is 8.78 Å². The number of aliphatic hydroxyl groups is 1. The minimum atomic E-state index is -0.794. The molecular weight excluding hydrogens is 214 g/mol. The fraction of sp³-hybridized carbons (Fsp3) is 0.182. The first-order valence-electron chi connectivity index (χ1n) is 4.63. The first-order chi connectivity index (χ1) is 7.54. The van der Waals surface area contributed by atoms with E-state index in [1.165, 1.54) is 25.4 Å². The van der Waals surface area contributed by atoms with Gasteiger partial charge in [-0.1, -0.05) is 0 Å². The minimum Gasteiger partial charge on any atom is -0.404 e. The van der Waals surface area contributed by atoms with Crippen LogP contribution in [0.3, 0.4) is 0 Å². The van der Waals surface area contributed by atoms with Crippen molar-refractivity contribution in [3.05, 3.63) is 41.6 Å². The SMILES string of the molecule is CC(O)C(C=Nc1ccc(F)cc1F)=CN. The highest BCUT2D eigenvalue weighted by Gasteiger charge is 2.03. The van der Waals surface area contributed by atoms with Crippen LogP contribution in [0.25, 0.3) is 0 Å². The molecule has 0 saturated heterocycles. The normalized spacial score (nSPS) is 14.4. The quantitative estimate of drug-likeness (QED) is 0.773. The molecule has 1 atom stereocenters. The van der Waals surface area contributed by atoms with Gasteiger partial charge in [-0.15, -0.1) is 0 Å². The smallest absolute Gasteiger partial charge is 0.151 e. The Morgan fingerprint density at radius 1 is 1.50 bits per heavy atom. The molecule has 3 nitrogen and oxygen atoms in total. The Kier molecular flexibility index (Phi) is 4.13. The second-order valence-electron chi connectivity index (χ2n) is 3.20. The van der Waals surface area contributed by atoms with E-state index in [0.29, 0.717) is 5.57 Å². The number of nitrogens with zero attached hydrogens (tertiary/aromatic N) is 1. The average Bonchev–Trinajstić information content (AvgIpc) is 2.21. The second kappa shape index (κ2) is 5.37. The van der Waals surface area contributed by atoms with Gasteiger partial charge in [0.2, 0.25) is 0 Å². The largest absolute Gasteiger partial charge is 0.404 e. The van der Waals surface area contributed by atoms with Crippen molar-refractivity contribution in [2.24, 2.45) is 10.7 Å². The molecule has 0 aromatic heterocycles. The van der Waals surface area contributed by atoms with Crippen molar-refractivity contribution in [2.75, 3.05) is 0 Å². The van der Waals surface area contributed by atoms with E-state index < -0.39 is 17.7 Å². The Morgan fingerprint density at radius 3 is 2.69 bits per heavy atom. The summed E-state index contributed by atoms with van der Waals surface area (Å²) in [7, 11) is 0. The van der Waals surface area contributed by atoms with Crippen LogP contribution in [-0.4, -0.2) is 17.4 Å². The van der Waals surface area contributed by atoms with Crippen molar-refractivity contribution >= 4 is 11.9 Å². The number of aliphatic imine (C=N–C) groups is 1. The van der Waals surface area contributed by atoms with Crippen LogP contribution in [0.1, 0.15) is 6.92 Å². The monoisotopic (exact) mass is 226 g/mol. The molecular formula is C11H12F2N2O. The number of nitrogens with two attached hydrogens (primary N) is 1. The van der Waals surface area contributed by atoms with Crippen LogP contribution >= 0.6 is 0 Å².